The van der Waals surface area contributed by atoms with Crippen LogP contribution in [0, 0.1) is 24.6 Å². The quantitative estimate of drug-likeness (QED) is 0.765. The van der Waals surface area contributed by atoms with Crippen LogP contribution in [-0.4, -0.2) is 28.4 Å². The van der Waals surface area contributed by atoms with Crippen molar-refractivity contribution in [3.05, 3.63) is 38.3 Å². The zero-order chi connectivity index (χ0) is 19.6. The number of nitrogen functional groups attached to an aromatic ring is 1. The van der Waals surface area contributed by atoms with Gasteiger partial charge >= 0.3 is 5.69 Å². The topological polar surface area (TPSA) is 99.3 Å². The molecule has 3 atom stereocenters. The Hall–Kier alpha value is -2.35. The van der Waals surface area contributed by atoms with Gasteiger partial charge < -0.3 is 16.5 Å². The van der Waals surface area contributed by atoms with E-state index in [-0.39, 0.29) is 17.5 Å². The molecule has 0 radical (unpaired) electrons. The van der Waals surface area contributed by atoms with E-state index in [1.807, 2.05) is 4.90 Å². The van der Waals surface area contributed by atoms with Gasteiger partial charge in [-0.25, -0.2) is 9.18 Å². The monoisotopic (exact) mass is 375 g/mol. The van der Waals surface area contributed by atoms with E-state index < -0.39 is 17.1 Å². The number of nitrogens with zero attached hydrogens (tertiary/aromatic N) is 3. The van der Waals surface area contributed by atoms with Crippen LogP contribution < -0.4 is 27.7 Å². The van der Waals surface area contributed by atoms with Crippen LogP contribution in [0.25, 0.3) is 10.9 Å². The average Bonchev–Trinajstić information content (AvgIpc) is 3.44. The first-order valence-electron chi connectivity index (χ1n) is 9.48. The summed E-state index contributed by atoms with van der Waals surface area (Å²) in [6.45, 7) is 7.21. The summed E-state index contributed by atoms with van der Waals surface area (Å²) in [6, 6.07) is 1.16. The van der Waals surface area contributed by atoms with Crippen molar-refractivity contribution < 1.29 is 4.39 Å². The van der Waals surface area contributed by atoms with Crippen LogP contribution in [0.5, 0.6) is 0 Å². The molecule has 2 heterocycles. The summed E-state index contributed by atoms with van der Waals surface area (Å²) >= 11 is 0. The van der Waals surface area contributed by atoms with Crippen molar-refractivity contribution in [2.45, 2.75) is 45.7 Å². The van der Waals surface area contributed by atoms with E-state index in [1.54, 1.807) is 11.5 Å². The molecule has 0 amide bonds. The summed E-state index contributed by atoms with van der Waals surface area (Å²) in [5.41, 5.74) is 6.58. The molecule has 1 saturated heterocycles. The van der Waals surface area contributed by atoms with Crippen LogP contribution in [0.1, 0.15) is 38.3 Å². The Morgan fingerprint density at radius 1 is 1.19 bits per heavy atom. The van der Waals surface area contributed by atoms with Gasteiger partial charge in [-0.3, -0.25) is 9.36 Å². The molecule has 7 nitrogen and oxygen atoms in total. The maximum atomic E-state index is 15.1. The molecule has 1 aliphatic carbocycles. The summed E-state index contributed by atoms with van der Waals surface area (Å²) in [4.78, 5) is 27.1. The third-order valence-electron chi connectivity index (χ3n) is 6.31. The Kier molecular flexibility index (Phi) is 4.06. The fourth-order valence-corrected chi connectivity index (χ4v) is 4.33. The van der Waals surface area contributed by atoms with E-state index in [1.165, 1.54) is 6.07 Å². The molecule has 8 heteroatoms. The van der Waals surface area contributed by atoms with Gasteiger partial charge in [0.25, 0.3) is 5.56 Å². The minimum atomic E-state index is -0.669. The largest absolute Gasteiger partial charge is 0.367 e. The van der Waals surface area contributed by atoms with E-state index in [0.717, 1.165) is 12.8 Å². The summed E-state index contributed by atoms with van der Waals surface area (Å²) in [7, 11) is 0. The molecule has 27 heavy (non-hydrogen) atoms. The molecule has 1 aliphatic heterocycles. The van der Waals surface area contributed by atoms with Crippen LogP contribution in [0.4, 0.5) is 10.1 Å². The van der Waals surface area contributed by atoms with Gasteiger partial charge in [-0.05, 0) is 37.7 Å². The molecule has 0 bridgehead atoms. The highest BCUT2D eigenvalue weighted by molar-refractivity contribution is 5.87. The van der Waals surface area contributed by atoms with E-state index in [0.29, 0.717) is 46.4 Å². The molecule has 0 spiro atoms. The lowest BCUT2D eigenvalue weighted by Crippen LogP contribution is -2.52. The van der Waals surface area contributed by atoms with Gasteiger partial charge in [-0.2, -0.15) is 4.68 Å². The number of aromatic nitrogens is 2. The lowest BCUT2D eigenvalue weighted by Gasteiger charge is -2.41. The zero-order valence-corrected chi connectivity index (χ0v) is 15.9. The average molecular weight is 375 g/mol. The number of fused-ring (bicyclic) bond motifs is 1. The molecule has 2 aliphatic rings. The number of benzene rings is 1. The first-order valence-corrected chi connectivity index (χ1v) is 9.48. The first kappa shape index (κ1) is 18.0. The van der Waals surface area contributed by atoms with Gasteiger partial charge in [-0.1, -0.05) is 13.8 Å². The Bertz CT molecular complexity index is 1030. The van der Waals surface area contributed by atoms with E-state index in [9.17, 15) is 9.59 Å². The lowest BCUT2D eigenvalue weighted by molar-refractivity contribution is 0.283. The molecule has 146 valence electrons. The van der Waals surface area contributed by atoms with E-state index in [4.69, 9.17) is 11.6 Å². The highest BCUT2D eigenvalue weighted by Gasteiger charge is 2.34. The third-order valence-corrected chi connectivity index (χ3v) is 6.31. The fraction of sp³-hybridized carbons (Fsp3) is 0.579. The first-order chi connectivity index (χ1) is 12.7. The molecule has 4 N–H and O–H groups in total. The van der Waals surface area contributed by atoms with Gasteiger partial charge in [0.05, 0.1) is 16.6 Å². The van der Waals surface area contributed by atoms with Gasteiger partial charge in [-0.15, -0.1) is 0 Å². The molecule has 1 aromatic heterocycles. The Morgan fingerprint density at radius 3 is 2.44 bits per heavy atom. The second-order valence-electron chi connectivity index (χ2n) is 8.19. The maximum absolute atomic E-state index is 15.1. The van der Waals surface area contributed by atoms with E-state index in [2.05, 4.69) is 13.8 Å². The molecular weight excluding hydrogens is 349 g/mol. The summed E-state index contributed by atoms with van der Waals surface area (Å²) in [5.74, 6) is 5.85. The second kappa shape index (κ2) is 6.09. The Balaban J connectivity index is 1.99. The SMILES string of the molecule is Cc1c(N2C[C@@H](N)[C@@H](C)[C@@H](C)C2)c(F)cc2c(=O)n(N)c(=O)n(C3CC3)c12. The smallest absolute Gasteiger partial charge is 0.350 e. The van der Waals surface area contributed by atoms with Crippen LogP contribution in [0.2, 0.25) is 0 Å². The van der Waals surface area contributed by atoms with Crippen molar-refractivity contribution in [3.63, 3.8) is 0 Å². The number of anilines is 1. The van der Waals surface area contributed by atoms with Crippen molar-refractivity contribution in [3.8, 4) is 0 Å². The molecule has 2 aromatic rings. The van der Waals surface area contributed by atoms with Crippen LogP contribution in [-0.2, 0) is 0 Å². The predicted molar refractivity (Wildman–Crippen MR) is 104 cm³/mol. The molecule has 1 aromatic carbocycles. The molecular formula is C19H26FN5O2. The predicted octanol–water partition coefficient (Wildman–Crippen LogP) is 1.08. The highest BCUT2D eigenvalue weighted by atomic mass is 19.1. The number of aryl methyl sites for hydroxylation is 1. The van der Waals surface area contributed by atoms with Crippen LogP contribution in [0.3, 0.4) is 0 Å². The van der Waals surface area contributed by atoms with Crippen molar-refractivity contribution in [1.29, 1.82) is 0 Å². The number of hydrogen-bond acceptors (Lipinski definition) is 5. The zero-order valence-electron chi connectivity index (χ0n) is 15.9. The van der Waals surface area contributed by atoms with Crippen molar-refractivity contribution in [1.82, 2.24) is 9.24 Å². The fourth-order valence-electron chi connectivity index (χ4n) is 4.33. The number of rotatable bonds is 2. The standard InChI is InChI=1S/C19H26FN5O2/c1-9-7-23(8-15(21)10(9)2)17-11(3)16-13(6-14(17)20)18(26)25(22)19(27)24(16)12-4-5-12/h6,9-10,12,15H,4-5,7-8,21-22H2,1-3H3/t9-,10-,15+/m0/s1. The number of hydrogen-bond donors (Lipinski definition) is 2. The molecule has 1 saturated carbocycles. The van der Waals surface area contributed by atoms with Crippen molar-refractivity contribution >= 4 is 16.6 Å². The van der Waals surface area contributed by atoms with Gasteiger partial charge in [0.15, 0.2) is 0 Å². The number of halogens is 1. The van der Waals surface area contributed by atoms with Crippen molar-refractivity contribution in [2.24, 2.45) is 17.6 Å². The highest BCUT2D eigenvalue weighted by Crippen LogP contribution is 2.39. The second-order valence-corrected chi connectivity index (χ2v) is 8.19. The normalized spacial score (nSPS) is 26.0. The van der Waals surface area contributed by atoms with Gasteiger partial charge in [0, 0.05) is 30.7 Å². The summed E-state index contributed by atoms with van der Waals surface area (Å²) in [5, 5.41) is 0.144. The molecule has 2 fully saturated rings. The van der Waals surface area contributed by atoms with Crippen LogP contribution >= 0.6 is 0 Å². The van der Waals surface area contributed by atoms with Gasteiger partial charge in [0.2, 0.25) is 0 Å². The minimum Gasteiger partial charge on any atom is -0.367 e. The summed E-state index contributed by atoms with van der Waals surface area (Å²) in [6.07, 6.45) is 1.70. The Morgan fingerprint density at radius 2 is 1.85 bits per heavy atom. The minimum absolute atomic E-state index is 0.00923. The maximum Gasteiger partial charge on any atom is 0.350 e. The third kappa shape index (κ3) is 2.65. The Labute approximate surface area is 156 Å². The van der Waals surface area contributed by atoms with Gasteiger partial charge in [0.1, 0.15) is 5.82 Å². The lowest BCUT2D eigenvalue weighted by atomic mass is 9.84. The summed E-state index contributed by atoms with van der Waals surface area (Å²) < 4.78 is 17.3. The molecule has 0 unspecified atom stereocenters. The molecule has 4 rings (SSSR count). The van der Waals surface area contributed by atoms with E-state index >= 15 is 4.39 Å². The van der Waals surface area contributed by atoms with Crippen molar-refractivity contribution in [2.75, 3.05) is 23.8 Å². The number of nitrogens with two attached hydrogens (primary N) is 2. The van der Waals surface area contributed by atoms with Crippen LogP contribution in [0.15, 0.2) is 15.7 Å². The number of piperidine rings is 1.